The largest absolute Gasteiger partial charge is 0.346 e. The van der Waals surface area contributed by atoms with Crippen LogP contribution in [0.15, 0.2) is 24.3 Å². The maximum atomic E-state index is 5.61. The van der Waals surface area contributed by atoms with Crippen LogP contribution in [0.4, 0.5) is 5.69 Å². The first-order valence-corrected chi connectivity index (χ1v) is 9.75. The quantitative estimate of drug-likeness (QED) is 0.836. The van der Waals surface area contributed by atoms with E-state index in [1.807, 2.05) is 11.7 Å². The highest BCUT2D eigenvalue weighted by Gasteiger charge is 2.21. The molecule has 0 saturated carbocycles. The van der Waals surface area contributed by atoms with Crippen LogP contribution in [0.2, 0.25) is 0 Å². The lowest BCUT2D eigenvalue weighted by Gasteiger charge is -2.36. The van der Waals surface area contributed by atoms with Gasteiger partial charge in [0, 0.05) is 56.7 Å². The summed E-state index contributed by atoms with van der Waals surface area (Å²) in [4.78, 5) is 4.76. The fourth-order valence-corrected chi connectivity index (χ4v) is 3.71. The lowest BCUT2D eigenvalue weighted by atomic mass is 10.1. The summed E-state index contributed by atoms with van der Waals surface area (Å²) in [6, 6.07) is 8.52. The van der Waals surface area contributed by atoms with Gasteiger partial charge in [0.05, 0.1) is 5.69 Å². The second-order valence-corrected chi connectivity index (χ2v) is 7.40. The molecule has 1 fully saturated rings. The summed E-state index contributed by atoms with van der Waals surface area (Å²) in [7, 11) is 2.01. The Morgan fingerprint density at radius 3 is 2.31 bits per heavy atom. The highest BCUT2D eigenvalue weighted by Crippen LogP contribution is 2.17. The van der Waals surface area contributed by atoms with Gasteiger partial charge in [-0.1, -0.05) is 19.1 Å². The Morgan fingerprint density at radius 2 is 1.77 bits per heavy atom. The fraction of sp³-hybridized carbons (Fsp3) is 0.500. The van der Waals surface area contributed by atoms with E-state index in [0.717, 1.165) is 55.6 Å². The maximum Gasteiger partial charge on any atom is 0.173 e. The first-order valence-electron chi connectivity index (χ1n) is 9.34. The zero-order valence-electron chi connectivity index (χ0n) is 16.2. The van der Waals surface area contributed by atoms with E-state index in [4.69, 9.17) is 12.2 Å². The summed E-state index contributed by atoms with van der Waals surface area (Å²) >= 11 is 5.61. The van der Waals surface area contributed by atoms with E-state index >= 15 is 0 Å². The molecule has 0 amide bonds. The average Bonchev–Trinajstić information content (AvgIpc) is 2.89. The lowest BCUT2D eigenvalue weighted by Crippen LogP contribution is -2.49. The smallest absolute Gasteiger partial charge is 0.173 e. The average molecular weight is 372 g/mol. The third-order valence-corrected chi connectivity index (χ3v) is 5.67. The van der Waals surface area contributed by atoms with Crippen LogP contribution in [0.3, 0.4) is 0 Å². The van der Waals surface area contributed by atoms with E-state index in [9.17, 15) is 0 Å². The van der Waals surface area contributed by atoms with Crippen molar-refractivity contribution in [2.45, 2.75) is 33.7 Å². The second-order valence-electron chi connectivity index (χ2n) is 7.02. The molecule has 5 nitrogen and oxygen atoms in total. The minimum atomic E-state index is 0.822. The number of aryl methyl sites for hydroxylation is 3. The summed E-state index contributed by atoms with van der Waals surface area (Å²) in [6.07, 6.45) is 1.06. The summed E-state index contributed by atoms with van der Waals surface area (Å²) in [5.74, 6) is 0. The van der Waals surface area contributed by atoms with Gasteiger partial charge in [-0.2, -0.15) is 5.10 Å². The molecule has 0 atom stereocenters. The minimum absolute atomic E-state index is 0.822. The molecule has 2 aromatic rings. The van der Waals surface area contributed by atoms with Crippen molar-refractivity contribution in [1.29, 1.82) is 0 Å². The van der Waals surface area contributed by atoms with Gasteiger partial charge in [0.2, 0.25) is 0 Å². The van der Waals surface area contributed by atoms with Crippen LogP contribution in [0.1, 0.15) is 29.4 Å². The van der Waals surface area contributed by atoms with E-state index < -0.39 is 0 Å². The van der Waals surface area contributed by atoms with Crippen LogP contribution in [0.5, 0.6) is 0 Å². The van der Waals surface area contributed by atoms with Gasteiger partial charge in [-0.3, -0.25) is 9.58 Å². The Labute approximate surface area is 162 Å². The first kappa shape index (κ1) is 18.9. The molecule has 26 heavy (non-hydrogen) atoms. The molecule has 1 aliphatic rings. The predicted molar refractivity (Wildman–Crippen MR) is 112 cm³/mol. The van der Waals surface area contributed by atoms with E-state index in [1.54, 1.807) is 0 Å². The van der Waals surface area contributed by atoms with Crippen LogP contribution < -0.4 is 5.32 Å². The number of aromatic nitrogens is 2. The van der Waals surface area contributed by atoms with Gasteiger partial charge in [-0.25, -0.2) is 0 Å². The molecule has 140 valence electrons. The van der Waals surface area contributed by atoms with Gasteiger partial charge in [0.1, 0.15) is 0 Å². The molecule has 0 bridgehead atoms. The molecule has 0 spiro atoms. The number of thiocarbonyl (C=S) groups is 1. The van der Waals surface area contributed by atoms with Crippen LogP contribution >= 0.6 is 12.2 Å². The number of anilines is 1. The summed E-state index contributed by atoms with van der Waals surface area (Å²) in [5.41, 5.74) is 6.17. The number of rotatable bonds is 4. The van der Waals surface area contributed by atoms with Crippen LogP contribution in [-0.2, 0) is 20.0 Å². The number of hydrogen-bond acceptors (Lipinski definition) is 3. The van der Waals surface area contributed by atoms with E-state index in [1.165, 1.54) is 16.8 Å². The van der Waals surface area contributed by atoms with Crippen molar-refractivity contribution in [1.82, 2.24) is 19.6 Å². The van der Waals surface area contributed by atoms with Gasteiger partial charge in [0.25, 0.3) is 0 Å². The Bertz CT molecular complexity index is 757. The molecule has 3 rings (SSSR count). The van der Waals surface area contributed by atoms with Gasteiger partial charge in [-0.05, 0) is 50.2 Å². The van der Waals surface area contributed by atoms with Gasteiger partial charge in [0.15, 0.2) is 5.11 Å². The molecule has 2 heterocycles. The van der Waals surface area contributed by atoms with E-state index in [-0.39, 0.29) is 0 Å². The summed E-state index contributed by atoms with van der Waals surface area (Å²) < 4.78 is 1.98. The van der Waals surface area contributed by atoms with Crippen LogP contribution in [-0.4, -0.2) is 50.9 Å². The SMILES string of the molecule is CCc1ccc(NC(=S)N2CCN(Cc3c(C)nn(C)c3C)CC2)cc1. The number of benzene rings is 1. The molecule has 1 aromatic carbocycles. The normalized spacial score (nSPS) is 15.3. The fourth-order valence-electron chi connectivity index (χ4n) is 3.41. The third kappa shape index (κ3) is 4.24. The van der Waals surface area contributed by atoms with Crippen LogP contribution in [0.25, 0.3) is 0 Å². The highest BCUT2D eigenvalue weighted by molar-refractivity contribution is 7.80. The van der Waals surface area contributed by atoms with Crippen molar-refractivity contribution in [3.63, 3.8) is 0 Å². The Hall–Kier alpha value is -1.92. The van der Waals surface area contributed by atoms with Crippen LogP contribution in [0, 0.1) is 13.8 Å². The van der Waals surface area contributed by atoms with Gasteiger partial charge in [-0.15, -0.1) is 0 Å². The Balaban J connectivity index is 1.51. The van der Waals surface area contributed by atoms with Crippen molar-refractivity contribution in [2.24, 2.45) is 7.05 Å². The predicted octanol–water partition coefficient (Wildman–Crippen LogP) is 3.11. The van der Waals surface area contributed by atoms with Gasteiger partial charge >= 0.3 is 0 Å². The zero-order chi connectivity index (χ0) is 18.7. The van der Waals surface area contributed by atoms with E-state index in [0.29, 0.717) is 0 Å². The molecule has 6 heteroatoms. The first-order chi connectivity index (χ1) is 12.5. The summed E-state index contributed by atoms with van der Waals surface area (Å²) in [6.45, 7) is 11.3. The highest BCUT2D eigenvalue weighted by atomic mass is 32.1. The molecule has 1 aromatic heterocycles. The van der Waals surface area contributed by atoms with Crippen molar-refractivity contribution in [3.8, 4) is 0 Å². The number of nitrogens with one attached hydrogen (secondary N) is 1. The second kappa shape index (κ2) is 8.18. The number of nitrogens with zero attached hydrogens (tertiary/aromatic N) is 4. The molecule has 0 unspecified atom stereocenters. The Morgan fingerprint density at radius 1 is 1.12 bits per heavy atom. The summed E-state index contributed by atoms with van der Waals surface area (Å²) in [5, 5.41) is 8.72. The van der Waals surface area contributed by atoms with Crippen molar-refractivity contribution in [3.05, 3.63) is 46.8 Å². The topological polar surface area (TPSA) is 36.3 Å². The Kier molecular flexibility index (Phi) is 5.94. The molecule has 1 N–H and O–H groups in total. The number of piperazine rings is 1. The van der Waals surface area contributed by atoms with E-state index in [2.05, 4.69) is 65.3 Å². The zero-order valence-corrected chi connectivity index (χ0v) is 17.1. The lowest BCUT2D eigenvalue weighted by molar-refractivity contribution is 0.176. The number of hydrogen-bond donors (Lipinski definition) is 1. The third-order valence-electron chi connectivity index (χ3n) is 5.31. The standard InChI is InChI=1S/C20H29N5S/c1-5-17-6-8-18(9-7-17)21-20(26)25-12-10-24(11-13-25)14-19-15(2)22-23(4)16(19)3/h6-9H,5,10-14H2,1-4H3,(H,21,26). The van der Waals surface area contributed by atoms with Crippen molar-refractivity contribution in [2.75, 3.05) is 31.5 Å². The van der Waals surface area contributed by atoms with Gasteiger partial charge < -0.3 is 10.2 Å². The minimum Gasteiger partial charge on any atom is -0.346 e. The van der Waals surface area contributed by atoms with Crippen molar-refractivity contribution < 1.29 is 0 Å². The molecule has 0 aliphatic carbocycles. The molecule has 0 radical (unpaired) electrons. The molecule has 1 saturated heterocycles. The molecule has 1 aliphatic heterocycles. The molecular formula is C20H29N5S. The monoisotopic (exact) mass is 371 g/mol. The molecular weight excluding hydrogens is 342 g/mol. The maximum absolute atomic E-state index is 5.61. The van der Waals surface area contributed by atoms with Crippen molar-refractivity contribution >= 4 is 23.0 Å².